The number of rotatable bonds is 2. The van der Waals surface area contributed by atoms with E-state index in [4.69, 9.17) is 4.74 Å². The Labute approximate surface area is 215 Å². The fourth-order valence-electron chi connectivity index (χ4n) is 4.00. The van der Waals surface area contributed by atoms with Gasteiger partial charge in [-0.2, -0.15) is 0 Å². The van der Waals surface area contributed by atoms with Crippen LogP contribution in [0.2, 0.25) is 0 Å². The van der Waals surface area contributed by atoms with Gasteiger partial charge in [0.05, 0.1) is 10.7 Å². The Bertz CT molecular complexity index is 1060. The van der Waals surface area contributed by atoms with E-state index in [1.54, 1.807) is 30.2 Å². The molecule has 0 unspecified atom stereocenters. The first-order valence-electron chi connectivity index (χ1n) is 12.1. The summed E-state index contributed by atoms with van der Waals surface area (Å²) in [5.74, 6) is -0.941. The van der Waals surface area contributed by atoms with Crippen molar-refractivity contribution in [3.8, 4) is 11.5 Å². The monoisotopic (exact) mass is 517 g/mol. The third-order valence-corrected chi connectivity index (χ3v) is 6.68. The van der Waals surface area contributed by atoms with Gasteiger partial charge in [-0.25, -0.2) is 4.98 Å². The van der Waals surface area contributed by atoms with Gasteiger partial charge in [0, 0.05) is 50.2 Å². The molecule has 0 saturated heterocycles. The van der Waals surface area contributed by atoms with Crippen molar-refractivity contribution in [2.45, 2.75) is 45.7 Å². The average molecular weight is 518 g/mol. The second-order valence-electron chi connectivity index (χ2n) is 9.00. The molecule has 1 atom stereocenters. The number of hydrogen-bond donors (Lipinski definition) is 3. The predicted octanol–water partition coefficient (Wildman–Crippen LogP) is 1.91. The molecule has 1 aliphatic rings. The highest BCUT2D eigenvalue weighted by Gasteiger charge is 2.20. The summed E-state index contributed by atoms with van der Waals surface area (Å²) in [4.78, 5) is 46.1. The molecule has 1 aromatic heterocycles. The van der Waals surface area contributed by atoms with E-state index in [0.29, 0.717) is 13.1 Å². The largest absolute Gasteiger partial charge is 0.508 e. The van der Waals surface area contributed by atoms with Gasteiger partial charge in [0.2, 0.25) is 5.91 Å². The molecular weight excluding hydrogens is 482 g/mol. The van der Waals surface area contributed by atoms with Gasteiger partial charge in [0.1, 0.15) is 17.5 Å². The summed E-state index contributed by atoms with van der Waals surface area (Å²) in [5, 5.41) is 18.6. The Morgan fingerprint density at radius 1 is 1.14 bits per heavy atom. The second kappa shape index (κ2) is 13.2. The number of hydrogen-bond acceptors (Lipinski definition) is 8. The van der Waals surface area contributed by atoms with Gasteiger partial charge in [-0.15, -0.1) is 11.3 Å². The van der Waals surface area contributed by atoms with Crippen LogP contribution >= 0.6 is 11.3 Å². The molecule has 0 aliphatic carbocycles. The third kappa shape index (κ3) is 8.49. The Balaban J connectivity index is 1.71. The van der Waals surface area contributed by atoms with Crippen LogP contribution in [-0.2, 0) is 16.1 Å². The van der Waals surface area contributed by atoms with E-state index in [0.717, 1.165) is 49.6 Å². The maximum atomic E-state index is 12.7. The number of aromatic hydroxyl groups is 1. The standard InChI is InChI=1S/C25H35N5O5S/c1-17-25(34)29(3)8-4-5-9-30(14-20-16-36-18(2)28-20)10-6-7-26-24(33)19-11-21(31)13-22(12-19)35-15-23(32)27-17/h11-13,16-17,31H,4-10,14-15H2,1-3H3,(H,26,33)(H,27,32)/t17-/m0/s1. The minimum Gasteiger partial charge on any atom is -0.508 e. The second-order valence-corrected chi connectivity index (χ2v) is 10.1. The normalized spacial score (nSPS) is 19.8. The quantitative estimate of drug-likeness (QED) is 0.556. The molecule has 0 spiro atoms. The molecule has 0 fully saturated rings. The summed E-state index contributed by atoms with van der Waals surface area (Å²) in [6.45, 7) is 6.67. The van der Waals surface area contributed by atoms with Crippen LogP contribution in [-0.4, -0.2) is 83.5 Å². The number of amides is 3. The summed E-state index contributed by atoms with van der Waals surface area (Å²) >= 11 is 1.63. The van der Waals surface area contributed by atoms with Crippen LogP contribution in [0.3, 0.4) is 0 Å². The zero-order chi connectivity index (χ0) is 26.1. The number of carbonyl (C=O) groups excluding carboxylic acids is 3. The predicted molar refractivity (Wildman–Crippen MR) is 137 cm³/mol. The van der Waals surface area contributed by atoms with E-state index < -0.39 is 11.9 Å². The first kappa shape index (κ1) is 27.4. The first-order valence-corrected chi connectivity index (χ1v) is 13.0. The molecule has 196 valence electrons. The van der Waals surface area contributed by atoms with Crippen molar-refractivity contribution in [2.24, 2.45) is 0 Å². The minimum absolute atomic E-state index is 0.143. The number of nitrogens with one attached hydrogen (secondary N) is 2. The summed E-state index contributed by atoms with van der Waals surface area (Å²) < 4.78 is 5.46. The van der Waals surface area contributed by atoms with Crippen LogP contribution < -0.4 is 15.4 Å². The van der Waals surface area contributed by atoms with Gasteiger partial charge in [0.25, 0.3) is 11.8 Å². The molecule has 36 heavy (non-hydrogen) atoms. The van der Waals surface area contributed by atoms with Gasteiger partial charge in [-0.05, 0) is 51.8 Å². The highest BCUT2D eigenvalue weighted by molar-refractivity contribution is 7.09. The van der Waals surface area contributed by atoms with Gasteiger partial charge in [-0.1, -0.05) is 0 Å². The number of nitrogens with zero attached hydrogens (tertiary/aromatic N) is 3. The number of ether oxygens (including phenoxy) is 1. The van der Waals surface area contributed by atoms with Crippen molar-refractivity contribution in [2.75, 3.05) is 39.8 Å². The first-order chi connectivity index (χ1) is 17.2. The number of carbonyl (C=O) groups is 3. The average Bonchev–Trinajstić information content (AvgIpc) is 3.25. The van der Waals surface area contributed by atoms with Crippen molar-refractivity contribution < 1.29 is 24.2 Å². The van der Waals surface area contributed by atoms with E-state index in [-0.39, 0.29) is 35.5 Å². The van der Waals surface area contributed by atoms with Crippen LogP contribution in [0.4, 0.5) is 0 Å². The highest BCUT2D eigenvalue weighted by Crippen LogP contribution is 2.22. The van der Waals surface area contributed by atoms with Crippen LogP contribution in [0.25, 0.3) is 0 Å². The Hall–Kier alpha value is -3.18. The smallest absolute Gasteiger partial charge is 0.258 e. The Kier molecular flexibility index (Phi) is 10.1. The van der Waals surface area contributed by atoms with E-state index in [1.165, 1.54) is 18.2 Å². The fourth-order valence-corrected chi connectivity index (χ4v) is 4.61. The lowest BCUT2D eigenvalue weighted by Crippen LogP contribution is -2.47. The van der Waals surface area contributed by atoms with E-state index >= 15 is 0 Å². The maximum Gasteiger partial charge on any atom is 0.258 e. The van der Waals surface area contributed by atoms with Gasteiger partial charge in [-0.3, -0.25) is 19.3 Å². The van der Waals surface area contributed by atoms with E-state index in [9.17, 15) is 19.5 Å². The number of fused-ring (bicyclic) bond motifs is 2. The lowest BCUT2D eigenvalue weighted by molar-refractivity contribution is -0.135. The van der Waals surface area contributed by atoms with Crippen molar-refractivity contribution in [3.63, 3.8) is 0 Å². The number of likely N-dealkylation sites (N-methyl/N-ethyl adjacent to an activating group) is 1. The Morgan fingerprint density at radius 2 is 1.89 bits per heavy atom. The van der Waals surface area contributed by atoms with Crippen molar-refractivity contribution in [1.82, 2.24) is 25.4 Å². The lowest BCUT2D eigenvalue weighted by Gasteiger charge is -2.24. The highest BCUT2D eigenvalue weighted by atomic mass is 32.1. The summed E-state index contributed by atoms with van der Waals surface area (Å²) in [6.07, 6.45) is 2.47. The molecule has 2 aromatic rings. The maximum absolute atomic E-state index is 12.7. The molecule has 10 nitrogen and oxygen atoms in total. The fraction of sp³-hybridized carbons (Fsp3) is 0.520. The number of benzene rings is 1. The molecule has 3 rings (SSSR count). The molecule has 0 saturated carbocycles. The summed E-state index contributed by atoms with van der Waals surface area (Å²) in [7, 11) is 1.74. The molecule has 1 aliphatic heterocycles. The van der Waals surface area contributed by atoms with Gasteiger partial charge in [0.15, 0.2) is 6.61 Å². The van der Waals surface area contributed by atoms with Crippen molar-refractivity contribution in [1.29, 1.82) is 0 Å². The van der Waals surface area contributed by atoms with Crippen LogP contribution in [0.5, 0.6) is 11.5 Å². The third-order valence-electron chi connectivity index (χ3n) is 5.85. The molecule has 3 amide bonds. The molecule has 3 N–H and O–H groups in total. The summed E-state index contributed by atoms with van der Waals surface area (Å²) in [5.41, 5.74) is 1.26. The van der Waals surface area contributed by atoms with Crippen LogP contribution in [0, 0.1) is 6.92 Å². The van der Waals surface area contributed by atoms with Crippen molar-refractivity contribution >= 4 is 29.1 Å². The molecule has 2 bridgehead atoms. The molecule has 2 heterocycles. The Morgan fingerprint density at radius 3 is 2.64 bits per heavy atom. The number of aryl methyl sites for hydroxylation is 1. The zero-order valence-electron chi connectivity index (χ0n) is 21.1. The minimum atomic E-state index is -0.702. The molecular formula is C25H35N5O5S. The topological polar surface area (TPSA) is 124 Å². The number of aromatic nitrogens is 1. The van der Waals surface area contributed by atoms with E-state index in [2.05, 4.69) is 25.9 Å². The van der Waals surface area contributed by atoms with Crippen LogP contribution in [0.1, 0.15) is 47.2 Å². The van der Waals surface area contributed by atoms with Crippen LogP contribution in [0.15, 0.2) is 23.6 Å². The molecule has 1 aromatic carbocycles. The SMILES string of the molecule is Cc1nc(CN2CCCCN(C)C(=O)[C@H](C)NC(=O)COc3cc(O)cc(c3)C(=O)NCCC2)cs1. The van der Waals surface area contributed by atoms with Crippen molar-refractivity contribution in [3.05, 3.63) is 39.8 Å². The van der Waals surface area contributed by atoms with E-state index in [1.807, 2.05) is 6.92 Å². The van der Waals surface area contributed by atoms with Gasteiger partial charge >= 0.3 is 0 Å². The molecule has 0 radical (unpaired) electrons. The summed E-state index contributed by atoms with van der Waals surface area (Å²) in [6, 6.07) is 3.45. The zero-order valence-corrected chi connectivity index (χ0v) is 21.9. The number of phenols is 1. The van der Waals surface area contributed by atoms with Gasteiger partial charge < -0.3 is 25.4 Å². The number of thiazole rings is 1. The molecule has 11 heteroatoms. The lowest BCUT2D eigenvalue weighted by atomic mass is 10.2. The number of phenolic OH excluding ortho intramolecular Hbond substituents is 1.